The van der Waals surface area contributed by atoms with E-state index in [-0.39, 0.29) is 39.4 Å². The van der Waals surface area contributed by atoms with Gasteiger partial charge in [-0.05, 0) is 61.6 Å². The fourth-order valence-corrected chi connectivity index (χ4v) is 6.47. The van der Waals surface area contributed by atoms with Crippen LogP contribution in [-0.2, 0) is 20.9 Å². The zero-order valence-corrected chi connectivity index (χ0v) is 22.7. The Balaban J connectivity index is 1.56. The Morgan fingerprint density at radius 3 is 2.54 bits per heavy atom. The van der Waals surface area contributed by atoms with Crippen molar-refractivity contribution in [2.75, 3.05) is 6.61 Å². The number of amides is 2. The fourth-order valence-electron chi connectivity index (χ4n) is 6.04. The van der Waals surface area contributed by atoms with Crippen LogP contribution < -0.4 is 10.6 Å². The molecule has 0 aromatic heterocycles. The van der Waals surface area contributed by atoms with Gasteiger partial charge in [-0.2, -0.15) is 0 Å². The summed E-state index contributed by atoms with van der Waals surface area (Å²) in [6, 6.07) is 12.1. The predicted octanol–water partition coefficient (Wildman–Crippen LogP) is 6.76. The van der Waals surface area contributed by atoms with Crippen LogP contribution >= 0.6 is 23.2 Å². The summed E-state index contributed by atoms with van der Waals surface area (Å²) in [6.45, 7) is 2.46. The van der Waals surface area contributed by atoms with Crippen molar-refractivity contribution in [2.24, 2.45) is 11.3 Å². The van der Waals surface area contributed by atoms with Crippen molar-refractivity contribution in [3.05, 3.63) is 69.5 Å². The Morgan fingerprint density at radius 2 is 1.84 bits per heavy atom. The highest BCUT2D eigenvalue weighted by Gasteiger charge is 2.45. The normalized spacial score (nSPS) is 21.5. The summed E-state index contributed by atoms with van der Waals surface area (Å²) in [6.07, 6.45) is 6.26. The summed E-state index contributed by atoms with van der Waals surface area (Å²) in [5, 5.41) is 6.53. The van der Waals surface area contributed by atoms with Gasteiger partial charge in [0.15, 0.2) is 0 Å². The molecule has 0 unspecified atom stereocenters. The van der Waals surface area contributed by atoms with Gasteiger partial charge in [0.05, 0.1) is 22.7 Å². The monoisotopic (exact) mass is 548 g/mol. The van der Waals surface area contributed by atoms with E-state index in [1.54, 1.807) is 0 Å². The fraction of sp³-hybridized carbons (Fsp3) is 0.517. The Labute approximate surface area is 228 Å². The molecule has 2 aromatic rings. The Bertz CT molecular complexity index is 1090. The van der Waals surface area contributed by atoms with E-state index < -0.39 is 17.3 Å². The summed E-state index contributed by atoms with van der Waals surface area (Å²) in [5.74, 6) is -0.964. The second-order valence-electron chi connectivity index (χ2n) is 10.5. The number of hydrogen-bond acceptors (Lipinski definition) is 3. The average Bonchev–Trinajstić information content (AvgIpc) is 3.55. The lowest BCUT2D eigenvalue weighted by Gasteiger charge is -2.39. The number of carbonyl (C=O) groups is 2. The molecule has 2 aliphatic rings. The number of hydrogen-bond donors (Lipinski definition) is 2. The van der Waals surface area contributed by atoms with Crippen LogP contribution in [0.25, 0.3) is 0 Å². The second-order valence-corrected chi connectivity index (χ2v) is 11.2. The lowest BCUT2D eigenvalue weighted by Crippen LogP contribution is -2.43. The molecule has 37 heavy (non-hydrogen) atoms. The number of carbonyl (C=O) groups excluding carboxylic acids is 2. The molecule has 200 valence electrons. The van der Waals surface area contributed by atoms with Crippen molar-refractivity contribution in [1.29, 1.82) is 0 Å². The van der Waals surface area contributed by atoms with Crippen LogP contribution in [0.15, 0.2) is 42.5 Å². The molecule has 0 heterocycles. The largest absolute Gasteiger partial charge is 0.377 e. The number of nitrogens with one attached hydrogen (secondary N) is 2. The molecule has 2 amide bonds. The van der Waals surface area contributed by atoms with E-state index in [1.807, 2.05) is 30.3 Å². The first-order valence-electron chi connectivity index (χ1n) is 13.1. The summed E-state index contributed by atoms with van der Waals surface area (Å²) >= 11 is 12.9. The maximum Gasteiger partial charge on any atom is 0.223 e. The smallest absolute Gasteiger partial charge is 0.223 e. The van der Waals surface area contributed by atoms with Gasteiger partial charge in [0.1, 0.15) is 5.82 Å². The van der Waals surface area contributed by atoms with Gasteiger partial charge in [-0.15, -0.1) is 0 Å². The SMILES string of the molecule is CC(=O)N[C@@H]1CC[C@@H](C(=O)N[C@H](c2c(F)ccc(Cl)c2Cl)C2(CCOCc3ccccc3)CCCC2)C1. The van der Waals surface area contributed by atoms with Crippen molar-refractivity contribution < 1.29 is 18.7 Å². The third-order valence-electron chi connectivity index (χ3n) is 7.93. The van der Waals surface area contributed by atoms with Crippen LogP contribution in [0.5, 0.6) is 0 Å². The first-order chi connectivity index (χ1) is 17.8. The van der Waals surface area contributed by atoms with Gasteiger partial charge in [0.2, 0.25) is 11.8 Å². The number of ether oxygens (including phenoxy) is 1. The molecule has 2 aromatic carbocycles. The Kier molecular flexibility index (Phi) is 9.49. The molecule has 0 spiro atoms. The average molecular weight is 550 g/mol. The van der Waals surface area contributed by atoms with Gasteiger partial charge in [-0.1, -0.05) is 66.4 Å². The van der Waals surface area contributed by atoms with E-state index in [1.165, 1.54) is 19.1 Å². The maximum atomic E-state index is 15.4. The first-order valence-corrected chi connectivity index (χ1v) is 13.9. The van der Waals surface area contributed by atoms with Gasteiger partial charge >= 0.3 is 0 Å². The van der Waals surface area contributed by atoms with E-state index in [2.05, 4.69) is 10.6 Å². The maximum absolute atomic E-state index is 15.4. The molecule has 8 heteroatoms. The minimum atomic E-state index is -0.631. The number of benzene rings is 2. The van der Waals surface area contributed by atoms with Crippen LogP contribution in [0.2, 0.25) is 10.0 Å². The highest BCUT2D eigenvalue weighted by atomic mass is 35.5. The lowest BCUT2D eigenvalue weighted by molar-refractivity contribution is -0.127. The van der Waals surface area contributed by atoms with Crippen LogP contribution in [0.3, 0.4) is 0 Å². The third kappa shape index (κ3) is 6.84. The highest BCUT2D eigenvalue weighted by Crippen LogP contribution is 2.52. The molecule has 0 bridgehead atoms. The van der Waals surface area contributed by atoms with Gasteiger partial charge in [-0.25, -0.2) is 4.39 Å². The van der Waals surface area contributed by atoms with E-state index >= 15 is 4.39 Å². The van der Waals surface area contributed by atoms with E-state index in [0.717, 1.165) is 37.7 Å². The summed E-state index contributed by atoms with van der Waals surface area (Å²) in [7, 11) is 0. The van der Waals surface area contributed by atoms with Gasteiger partial charge in [0.25, 0.3) is 0 Å². The summed E-state index contributed by atoms with van der Waals surface area (Å²) in [4.78, 5) is 25.0. The minimum absolute atomic E-state index is 0.0231. The molecular weight excluding hydrogens is 514 g/mol. The van der Waals surface area contributed by atoms with Gasteiger partial charge in [0, 0.05) is 31.1 Å². The molecular formula is C29H35Cl2FN2O3. The first kappa shape index (κ1) is 27.9. The van der Waals surface area contributed by atoms with Crippen LogP contribution in [0, 0.1) is 17.2 Å². The Hall–Kier alpha value is -2.15. The van der Waals surface area contributed by atoms with E-state index in [0.29, 0.717) is 32.5 Å². The molecule has 2 aliphatic carbocycles. The van der Waals surface area contributed by atoms with Crippen molar-refractivity contribution >= 4 is 35.0 Å². The molecule has 0 radical (unpaired) electrons. The summed E-state index contributed by atoms with van der Waals surface area (Å²) in [5.41, 5.74) is 0.938. The van der Waals surface area contributed by atoms with E-state index in [9.17, 15) is 9.59 Å². The van der Waals surface area contributed by atoms with E-state index in [4.69, 9.17) is 27.9 Å². The standard InChI is InChI=1S/C29H35Cl2FN2O3/c1-19(35)33-22-10-9-21(17-22)28(36)34-27(25-24(32)12-11-23(30)26(25)31)29(13-5-6-14-29)15-16-37-18-20-7-3-2-4-8-20/h2-4,7-8,11-12,21-22,27H,5-6,9-10,13-18H2,1H3,(H,33,35)(H,34,36)/t21-,22-,27-/m1/s1. The molecule has 5 nitrogen and oxygen atoms in total. The third-order valence-corrected chi connectivity index (χ3v) is 8.75. The predicted molar refractivity (Wildman–Crippen MR) is 144 cm³/mol. The Morgan fingerprint density at radius 1 is 1.11 bits per heavy atom. The highest BCUT2D eigenvalue weighted by molar-refractivity contribution is 6.42. The molecule has 4 rings (SSSR count). The zero-order valence-electron chi connectivity index (χ0n) is 21.2. The van der Waals surface area contributed by atoms with Crippen molar-refractivity contribution in [3.8, 4) is 0 Å². The lowest BCUT2D eigenvalue weighted by atomic mass is 9.72. The zero-order chi connectivity index (χ0) is 26.4. The van der Waals surface area contributed by atoms with Crippen molar-refractivity contribution in [2.45, 2.75) is 77.0 Å². The summed E-state index contributed by atoms with van der Waals surface area (Å²) < 4.78 is 21.4. The van der Waals surface area contributed by atoms with Crippen LogP contribution in [0.4, 0.5) is 4.39 Å². The van der Waals surface area contributed by atoms with Crippen molar-refractivity contribution in [1.82, 2.24) is 10.6 Å². The van der Waals surface area contributed by atoms with Gasteiger partial charge in [-0.3, -0.25) is 9.59 Å². The number of rotatable bonds is 10. The molecule has 2 fully saturated rings. The minimum Gasteiger partial charge on any atom is -0.377 e. The van der Waals surface area contributed by atoms with Crippen LogP contribution in [-0.4, -0.2) is 24.5 Å². The second kappa shape index (κ2) is 12.6. The molecule has 2 saturated carbocycles. The molecule has 0 saturated heterocycles. The molecule has 2 N–H and O–H groups in total. The molecule has 3 atom stereocenters. The van der Waals surface area contributed by atoms with Gasteiger partial charge < -0.3 is 15.4 Å². The topological polar surface area (TPSA) is 67.4 Å². The quantitative estimate of drug-likeness (QED) is 0.254. The molecule has 0 aliphatic heterocycles. The van der Waals surface area contributed by atoms with Crippen LogP contribution in [0.1, 0.15) is 75.5 Å². The number of halogens is 3. The van der Waals surface area contributed by atoms with Crippen molar-refractivity contribution in [3.63, 3.8) is 0 Å².